The Hall–Kier alpha value is -3.06. The standard InChI is InChI=1S/C17H12N2O2/c1-11-15(20)7-4-8-16(11)21-17-9-12(10-18)13-5-2-3-6-14(13)19-17/h2-9,20H,1H3. The lowest BCUT2D eigenvalue weighted by Gasteiger charge is -2.10. The molecule has 0 unspecified atom stereocenters. The molecule has 0 radical (unpaired) electrons. The number of rotatable bonds is 2. The highest BCUT2D eigenvalue weighted by atomic mass is 16.5. The molecule has 0 aliphatic carbocycles. The molecule has 1 heterocycles. The van der Waals surface area contributed by atoms with Crippen LogP contribution in [0.1, 0.15) is 11.1 Å². The fraction of sp³-hybridized carbons (Fsp3) is 0.0588. The van der Waals surface area contributed by atoms with Crippen molar-refractivity contribution in [3.8, 4) is 23.4 Å². The summed E-state index contributed by atoms with van der Waals surface area (Å²) in [6.45, 7) is 1.76. The van der Waals surface area contributed by atoms with Gasteiger partial charge >= 0.3 is 0 Å². The van der Waals surface area contributed by atoms with Crippen LogP contribution in [-0.2, 0) is 0 Å². The molecular weight excluding hydrogens is 264 g/mol. The maximum atomic E-state index is 9.70. The van der Waals surface area contributed by atoms with Gasteiger partial charge in [0.05, 0.1) is 11.1 Å². The molecule has 4 heteroatoms. The van der Waals surface area contributed by atoms with Crippen LogP contribution in [0.5, 0.6) is 17.4 Å². The van der Waals surface area contributed by atoms with Crippen LogP contribution in [0.3, 0.4) is 0 Å². The summed E-state index contributed by atoms with van der Waals surface area (Å²) in [5, 5.41) is 19.7. The summed E-state index contributed by atoms with van der Waals surface area (Å²) in [6.07, 6.45) is 0. The lowest BCUT2D eigenvalue weighted by Crippen LogP contribution is -1.93. The van der Waals surface area contributed by atoms with Crippen LogP contribution in [0.4, 0.5) is 0 Å². The van der Waals surface area contributed by atoms with E-state index in [1.165, 1.54) is 0 Å². The van der Waals surface area contributed by atoms with Gasteiger partial charge in [-0.2, -0.15) is 5.26 Å². The molecule has 2 aromatic carbocycles. The van der Waals surface area contributed by atoms with E-state index in [0.29, 0.717) is 28.3 Å². The van der Waals surface area contributed by atoms with Crippen LogP contribution in [0, 0.1) is 18.3 Å². The molecule has 0 aliphatic heterocycles. The largest absolute Gasteiger partial charge is 0.508 e. The number of benzene rings is 2. The quantitative estimate of drug-likeness (QED) is 0.770. The van der Waals surface area contributed by atoms with E-state index in [1.807, 2.05) is 24.3 Å². The fourth-order valence-electron chi connectivity index (χ4n) is 2.12. The van der Waals surface area contributed by atoms with Crippen LogP contribution in [0.2, 0.25) is 0 Å². The highest BCUT2D eigenvalue weighted by molar-refractivity contribution is 5.85. The number of ether oxygens (including phenoxy) is 1. The van der Waals surface area contributed by atoms with Crippen molar-refractivity contribution in [1.29, 1.82) is 5.26 Å². The zero-order valence-corrected chi connectivity index (χ0v) is 11.4. The van der Waals surface area contributed by atoms with Crippen molar-refractivity contribution in [2.45, 2.75) is 6.92 Å². The van der Waals surface area contributed by atoms with Crippen molar-refractivity contribution in [3.05, 3.63) is 59.7 Å². The predicted octanol–water partition coefficient (Wildman–Crippen LogP) is 3.91. The highest BCUT2D eigenvalue weighted by Gasteiger charge is 2.09. The maximum Gasteiger partial charge on any atom is 0.221 e. The van der Waals surface area contributed by atoms with E-state index in [2.05, 4.69) is 11.1 Å². The van der Waals surface area contributed by atoms with Gasteiger partial charge in [0.25, 0.3) is 0 Å². The molecule has 3 aromatic rings. The summed E-state index contributed by atoms with van der Waals surface area (Å²) in [6, 6.07) is 16.2. The second-order valence-corrected chi connectivity index (χ2v) is 4.64. The molecular formula is C17H12N2O2. The number of hydrogen-bond donors (Lipinski definition) is 1. The van der Waals surface area contributed by atoms with Gasteiger partial charge in [0, 0.05) is 17.0 Å². The van der Waals surface area contributed by atoms with Gasteiger partial charge in [-0.05, 0) is 25.1 Å². The third-order valence-electron chi connectivity index (χ3n) is 3.28. The molecule has 0 aliphatic rings. The van der Waals surface area contributed by atoms with Crippen LogP contribution < -0.4 is 4.74 Å². The topological polar surface area (TPSA) is 66.1 Å². The Morgan fingerprint density at radius 2 is 1.95 bits per heavy atom. The molecule has 1 N–H and O–H groups in total. The van der Waals surface area contributed by atoms with Crippen LogP contribution in [-0.4, -0.2) is 10.1 Å². The van der Waals surface area contributed by atoms with Crippen molar-refractivity contribution >= 4 is 10.9 Å². The first-order chi connectivity index (χ1) is 10.2. The smallest absolute Gasteiger partial charge is 0.221 e. The number of phenols is 1. The SMILES string of the molecule is Cc1c(O)cccc1Oc1cc(C#N)c2ccccc2n1. The van der Waals surface area contributed by atoms with E-state index in [9.17, 15) is 10.4 Å². The Morgan fingerprint density at radius 1 is 1.14 bits per heavy atom. The number of nitrogens with zero attached hydrogens (tertiary/aromatic N) is 2. The van der Waals surface area contributed by atoms with Gasteiger partial charge in [0.2, 0.25) is 5.88 Å². The molecule has 0 saturated carbocycles. The van der Waals surface area contributed by atoms with E-state index in [-0.39, 0.29) is 5.75 Å². The van der Waals surface area contributed by atoms with Crippen molar-refractivity contribution in [2.75, 3.05) is 0 Å². The summed E-state index contributed by atoms with van der Waals surface area (Å²) in [5.74, 6) is 1.01. The number of aromatic nitrogens is 1. The van der Waals surface area contributed by atoms with E-state index >= 15 is 0 Å². The summed E-state index contributed by atoms with van der Waals surface area (Å²) < 4.78 is 5.72. The molecule has 102 valence electrons. The zero-order chi connectivity index (χ0) is 14.8. The van der Waals surface area contributed by atoms with Crippen LogP contribution in [0.25, 0.3) is 10.9 Å². The number of hydrogen-bond acceptors (Lipinski definition) is 4. The number of aromatic hydroxyl groups is 1. The first-order valence-electron chi connectivity index (χ1n) is 6.45. The molecule has 0 fully saturated rings. The van der Waals surface area contributed by atoms with Gasteiger partial charge in [0.15, 0.2) is 0 Å². The maximum absolute atomic E-state index is 9.70. The van der Waals surface area contributed by atoms with Gasteiger partial charge in [-0.25, -0.2) is 4.98 Å². The number of nitriles is 1. The molecule has 0 amide bonds. The summed E-state index contributed by atoms with van der Waals surface area (Å²) in [4.78, 5) is 4.39. The fourth-order valence-corrected chi connectivity index (χ4v) is 2.12. The molecule has 0 bridgehead atoms. The Morgan fingerprint density at radius 3 is 2.76 bits per heavy atom. The van der Waals surface area contributed by atoms with Crippen LogP contribution in [0.15, 0.2) is 48.5 Å². The number of fused-ring (bicyclic) bond motifs is 1. The number of phenolic OH excluding ortho intramolecular Hbond substituents is 1. The van der Waals surface area contributed by atoms with Crippen LogP contribution >= 0.6 is 0 Å². The third kappa shape index (κ3) is 2.37. The van der Waals surface area contributed by atoms with Crippen molar-refractivity contribution < 1.29 is 9.84 Å². The van der Waals surface area contributed by atoms with Gasteiger partial charge in [-0.15, -0.1) is 0 Å². The molecule has 0 spiro atoms. The zero-order valence-electron chi connectivity index (χ0n) is 11.4. The highest BCUT2D eigenvalue weighted by Crippen LogP contribution is 2.31. The average Bonchev–Trinajstić information content (AvgIpc) is 2.51. The van der Waals surface area contributed by atoms with Gasteiger partial charge in [-0.3, -0.25) is 0 Å². The lowest BCUT2D eigenvalue weighted by atomic mass is 10.1. The van der Waals surface area contributed by atoms with E-state index in [1.54, 1.807) is 31.2 Å². The summed E-state index contributed by atoms with van der Waals surface area (Å²) in [5.41, 5.74) is 1.84. The average molecular weight is 276 g/mol. The Kier molecular flexibility index (Phi) is 3.17. The summed E-state index contributed by atoms with van der Waals surface area (Å²) in [7, 11) is 0. The first-order valence-corrected chi connectivity index (χ1v) is 6.45. The molecule has 1 aromatic heterocycles. The van der Waals surface area contributed by atoms with Crippen molar-refractivity contribution in [3.63, 3.8) is 0 Å². The minimum Gasteiger partial charge on any atom is -0.508 e. The Bertz CT molecular complexity index is 866. The molecule has 0 atom stereocenters. The van der Waals surface area contributed by atoms with Gasteiger partial charge < -0.3 is 9.84 Å². The molecule has 0 saturated heterocycles. The minimum absolute atomic E-state index is 0.161. The van der Waals surface area contributed by atoms with E-state index < -0.39 is 0 Å². The predicted molar refractivity (Wildman–Crippen MR) is 79.4 cm³/mol. The first kappa shape index (κ1) is 12.9. The van der Waals surface area contributed by atoms with E-state index in [0.717, 1.165) is 5.39 Å². The molecule has 4 nitrogen and oxygen atoms in total. The Labute approximate surface area is 121 Å². The van der Waals surface area contributed by atoms with Crippen molar-refractivity contribution in [1.82, 2.24) is 4.98 Å². The molecule has 3 rings (SSSR count). The third-order valence-corrected chi connectivity index (χ3v) is 3.28. The van der Waals surface area contributed by atoms with Gasteiger partial charge in [0.1, 0.15) is 17.6 Å². The lowest BCUT2D eigenvalue weighted by molar-refractivity contribution is 0.440. The monoisotopic (exact) mass is 276 g/mol. The minimum atomic E-state index is 0.161. The van der Waals surface area contributed by atoms with E-state index in [4.69, 9.17) is 4.74 Å². The normalized spacial score (nSPS) is 10.3. The second-order valence-electron chi connectivity index (χ2n) is 4.64. The van der Waals surface area contributed by atoms with Gasteiger partial charge in [-0.1, -0.05) is 24.3 Å². The second kappa shape index (κ2) is 5.14. The number of para-hydroxylation sites is 1. The van der Waals surface area contributed by atoms with Crippen molar-refractivity contribution in [2.24, 2.45) is 0 Å². The number of pyridine rings is 1. The Balaban J connectivity index is 2.09. The summed E-state index contributed by atoms with van der Waals surface area (Å²) >= 11 is 0. The molecule has 21 heavy (non-hydrogen) atoms.